The lowest BCUT2D eigenvalue weighted by atomic mass is 9.62. The molecule has 0 amide bonds. The molecular formula is C24H30O4. The van der Waals surface area contributed by atoms with Gasteiger partial charge in [0.05, 0.1) is 11.7 Å². The van der Waals surface area contributed by atoms with E-state index in [9.17, 15) is 4.79 Å². The summed E-state index contributed by atoms with van der Waals surface area (Å²) in [5.74, 6) is 1.31. The van der Waals surface area contributed by atoms with Gasteiger partial charge in [0.15, 0.2) is 0 Å². The third-order valence-corrected chi connectivity index (χ3v) is 6.88. The summed E-state index contributed by atoms with van der Waals surface area (Å²) in [5.41, 5.74) is 1.87. The quantitative estimate of drug-likeness (QED) is 0.489. The van der Waals surface area contributed by atoms with Crippen LogP contribution in [0, 0.1) is 11.3 Å². The highest BCUT2D eigenvalue weighted by molar-refractivity contribution is 5.77. The largest absolute Gasteiger partial charge is 0.489 e. The summed E-state index contributed by atoms with van der Waals surface area (Å²) in [6.07, 6.45) is 7.18. The van der Waals surface area contributed by atoms with E-state index in [1.54, 1.807) is 12.1 Å². The van der Waals surface area contributed by atoms with E-state index in [-0.39, 0.29) is 16.6 Å². The van der Waals surface area contributed by atoms with Crippen molar-refractivity contribution < 1.29 is 13.9 Å². The minimum atomic E-state index is -0.346. The zero-order chi connectivity index (χ0) is 19.9. The van der Waals surface area contributed by atoms with Crippen molar-refractivity contribution in [1.82, 2.24) is 0 Å². The highest BCUT2D eigenvalue weighted by Crippen LogP contribution is 2.59. The fourth-order valence-corrected chi connectivity index (χ4v) is 5.21. The summed E-state index contributed by atoms with van der Waals surface area (Å²) >= 11 is 0. The highest BCUT2D eigenvalue weighted by atomic mass is 16.5. The number of hydrogen-bond acceptors (Lipinski definition) is 4. The maximum Gasteiger partial charge on any atom is 0.336 e. The molecule has 2 bridgehead atoms. The van der Waals surface area contributed by atoms with Gasteiger partial charge in [-0.15, -0.1) is 0 Å². The average Bonchev–Trinajstić information content (AvgIpc) is 3.12. The van der Waals surface area contributed by atoms with Crippen LogP contribution in [0.2, 0.25) is 0 Å². The molecule has 0 unspecified atom stereocenters. The first-order valence-electron chi connectivity index (χ1n) is 10.3. The zero-order valence-corrected chi connectivity index (χ0v) is 17.3. The molecule has 1 aromatic carbocycles. The lowest BCUT2D eigenvalue weighted by Crippen LogP contribution is -2.40. The van der Waals surface area contributed by atoms with Crippen molar-refractivity contribution in [3.05, 3.63) is 52.4 Å². The van der Waals surface area contributed by atoms with E-state index in [2.05, 4.69) is 33.8 Å². The molecule has 0 spiro atoms. The molecular weight excluding hydrogens is 352 g/mol. The van der Waals surface area contributed by atoms with E-state index < -0.39 is 0 Å². The van der Waals surface area contributed by atoms with E-state index in [0.717, 1.165) is 18.2 Å². The van der Waals surface area contributed by atoms with Crippen LogP contribution in [0.1, 0.15) is 53.4 Å². The topological polar surface area (TPSA) is 48.7 Å². The molecule has 28 heavy (non-hydrogen) atoms. The third-order valence-electron chi connectivity index (χ3n) is 6.88. The molecule has 150 valence electrons. The monoisotopic (exact) mass is 382 g/mol. The summed E-state index contributed by atoms with van der Waals surface area (Å²) in [6.45, 7) is 9.72. The summed E-state index contributed by atoms with van der Waals surface area (Å²) in [7, 11) is 0. The Balaban J connectivity index is 1.33. The Morgan fingerprint density at radius 2 is 2.04 bits per heavy atom. The fourth-order valence-electron chi connectivity index (χ4n) is 5.21. The van der Waals surface area contributed by atoms with Gasteiger partial charge in [0, 0.05) is 17.5 Å². The van der Waals surface area contributed by atoms with Gasteiger partial charge in [0.1, 0.15) is 17.9 Å². The normalized spacial score (nSPS) is 28.8. The van der Waals surface area contributed by atoms with Crippen LogP contribution in [0.25, 0.3) is 11.0 Å². The summed E-state index contributed by atoms with van der Waals surface area (Å²) in [5, 5.41) is 0.892. The molecule has 2 aliphatic heterocycles. The van der Waals surface area contributed by atoms with Crippen molar-refractivity contribution in [2.45, 2.75) is 65.1 Å². The fraction of sp³-hybridized carbons (Fsp3) is 0.542. The lowest BCUT2D eigenvalue weighted by Gasteiger charge is -2.39. The Labute approximate surface area is 166 Å². The van der Waals surface area contributed by atoms with Crippen LogP contribution in [0.5, 0.6) is 5.75 Å². The molecule has 0 aliphatic carbocycles. The van der Waals surface area contributed by atoms with Gasteiger partial charge in [0.25, 0.3) is 0 Å². The predicted molar refractivity (Wildman–Crippen MR) is 111 cm³/mol. The van der Waals surface area contributed by atoms with Gasteiger partial charge in [-0.05, 0) is 75.1 Å². The molecule has 3 atom stereocenters. The smallest absolute Gasteiger partial charge is 0.336 e. The second-order valence-corrected chi connectivity index (χ2v) is 9.19. The molecule has 0 saturated carbocycles. The van der Waals surface area contributed by atoms with Crippen LogP contribution >= 0.6 is 0 Å². The van der Waals surface area contributed by atoms with Gasteiger partial charge < -0.3 is 13.9 Å². The van der Waals surface area contributed by atoms with E-state index in [0.29, 0.717) is 30.0 Å². The van der Waals surface area contributed by atoms with Crippen molar-refractivity contribution in [3.8, 4) is 5.75 Å². The molecule has 2 saturated heterocycles. The third kappa shape index (κ3) is 3.50. The molecule has 4 nitrogen and oxygen atoms in total. The number of hydrogen-bond donors (Lipinski definition) is 0. The Morgan fingerprint density at radius 3 is 2.79 bits per heavy atom. The number of rotatable bonds is 6. The Bertz CT molecular complexity index is 950. The maximum atomic E-state index is 11.4. The first-order chi connectivity index (χ1) is 13.3. The van der Waals surface area contributed by atoms with Gasteiger partial charge in [-0.1, -0.05) is 19.4 Å². The molecule has 4 rings (SSSR count). The van der Waals surface area contributed by atoms with E-state index in [1.165, 1.54) is 24.5 Å². The first-order valence-corrected chi connectivity index (χ1v) is 10.3. The van der Waals surface area contributed by atoms with Crippen molar-refractivity contribution >= 4 is 11.0 Å². The molecule has 0 N–H and O–H groups in total. The van der Waals surface area contributed by atoms with E-state index >= 15 is 0 Å². The van der Waals surface area contributed by atoms with Gasteiger partial charge in [0.2, 0.25) is 0 Å². The van der Waals surface area contributed by atoms with E-state index in [4.69, 9.17) is 13.9 Å². The molecule has 1 aromatic heterocycles. The van der Waals surface area contributed by atoms with Gasteiger partial charge in [-0.25, -0.2) is 4.79 Å². The Morgan fingerprint density at radius 1 is 1.25 bits per heavy atom. The molecule has 3 heterocycles. The highest BCUT2D eigenvalue weighted by Gasteiger charge is 2.60. The first kappa shape index (κ1) is 19.3. The maximum absolute atomic E-state index is 11.4. The van der Waals surface area contributed by atoms with Crippen LogP contribution in [0.15, 0.2) is 51.2 Å². The molecule has 4 heteroatoms. The summed E-state index contributed by atoms with van der Waals surface area (Å²) in [4.78, 5) is 11.4. The molecule has 2 aliphatic rings. The summed E-state index contributed by atoms with van der Waals surface area (Å²) in [6, 6.07) is 8.77. The van der Waals surface area contributed by atoms with Crippen molar-refractivity contribution in [2.75, 3.05) is 6.61 Å². The second kappa shape index (κ2) is 7.07. The number of benzene rings is 1. The summed E-state index contributed by atoms with van der Waals surface area (Å²) < 4.78 is 17.4. The van der Waals surface area contributed by atoms with Crippen molar-refractivity contribution in [2.24, 2.45) is 11.3 Å². The molecule has 0 radical (unpaired) electrons. The minimum Gasteiger partial charge on any atom is -0.489 e. The minimum absolute atomic E-state index is 0.0555. The van der Waals surface area contributed by atoms with Crippen LogP contribution in [0.4, 0.5) is 0 Å². The Kier molecular flexibility index (Phi) is 4.86. The van der Waals surface area contributed by atoms with Gasteiger partial charge in [-0.2, -0.15) is 0 Å². The standard InChI is InChI=1S/C24H30O4/c1-16(5-9-20-23(2,3)21-11-13-24(20,4)28-21)12-14-26-18-8-6-17-7-10-22(25)27-19(17)15-18/h6-8,10,12,15,20-21H,5,9,11,13-14H2,1-4H3/b16-12+/t20-,21-,24+/m0/s1. The van der Waals surface area contributed by atoms with Crippen LogP contribution in [-0.4, -0.2) is 18.3 Å². The zero-order valence-electron chi connectivity index (χ0n) is 17.3. The van der Waals surface area contributed by atoms with Crippen LogP contribution < -0.4 is 10.4 Å². The van der Waals surface area contributed by atoms with Crippen LogP contribution in [0.3, 0.4) is 0 Å². The van der Waals surface area contributed by atoms with Gasteiger partial charge >= 0.3 is 5.63 Å². The Hall–Kier alpha value is -2.07. The number of allylic oxidation sites excluding steroid dienone is 1. The van der Waals surface area contributed by atoms with Crippen molar-refractivity contribution in [3.63, 3.8) is 0 Å². The van der Waals surface area contributed by atoms with Crippen LogP contribution in [-0.2, 0) is 4.74 Å². The average molecular weight is 383 g/mol. The van der Waals surface area contributed by atoms with E-state index in [1.807, 2.05) is 12.1 Å². The SMILES string of the molecule is C/C(=C\COc1ccc2ccc(=O)oc2c1)CC[C@H]1C(C)(C)[C@@H]2CC[C@@]1(C)O2. The molecule has 2 fully saturated rings. The van der Waals surface area contributed by atoms with Crippen molar-refractivity contribution in [1.29, 1.82) is 0 Å². The molecule has 2 aromatic rings. The lowest BCUT2D eigenvalue weighted by molar-refractivity contribution is 0.00469. The second-order valence-electron chi connectivity index (χ2n) is 9.19. The number of ether oxygens (including phenoxy) is 2. The predicted octanol–water partition coefficient (Wildman–Crippen LogP) is 5.49. The number of fused-ring (bicyclic) bond motifs is 3. The van der Waals surface area contributed by atoms with Gasteiger partial charge in [-0.3, -0.25) is 0 Å².